The number of benzene rings is 2. The minimum Gasteiger partial charge on any atom is -0.497 e. The van der Waals surface area contributed by atoms with Gasteiger partial charge in [-0.05, 0) is 61.9 Å². The maximum absolute atomic E-state index is 14.9. The van der Waals surface area contributed by atoms with Crippen LogP contribution in [0.15, 0.2) is 79.9 Å². The van der Waals surface area contributed by atoms with E-state index in [9.17, 15) is 19.5 Å². The molecule has 3 saturated heterocycles. The summed E-state index contributed by atoms with van der Waals surface area (Å²) >= 11 is 0. The van der Waals surface area contributed by atoms with Crippen molar-refractivity contribution in [3.63, 3.8) is 0 Å². The number of aliphatic hydroxyl groups is 1. The highest BCUT2D eigenvalue weighted by Gasteiger charge is 2.80. The van der Waals surface area contributed by atoms with Crippen LogP contribution in [-0.2, 0) is 25.7 Å². The van der Waals surface area contributed by atoms with E-state index < -0.39 is 29.1 Å². The second-order valence-electron chi connectivity index (χ2n) is 13.3. The highest BCUT2D eigenvalue weighted by molar-refractivity contribution is 6.05. The molecule has 3 heterocycles. The zero-order chi connectivity index (χ0) is 33.8. The summed E-state index contributed by atoms with van der Waals surface area (Å²) in [5.74, 6) is -1.57. The first-order chi connectivity index (χ1) is 22.7. The lowest BCUT2D eigenvalue weighted by Gasteiger charge is -2.39. The molecule has 1 spiro atoms. The van der Waals surface area contributed by atoms with Crippen LogP contribution in [0, 0.1) is 17.8 Å². The number of ether oxygens (including phenoxy) is 2. The predicted octanol–water partition coefficient (Wildman–Crippen LogP) is 4.99. The molecule has 5 rings (SSSR count). The van der Waals surface area contributed by atoms with Crippen LogP contribution in [0.1, 0.15) is 51.5 Å². The molecular formula is C38H49N3O6. The van der Waals surface area contributed by atoms with E-state index in [1.807, 2.05) is 49.4 Å². The zero-order valence-corrected chi connectivity index (χ0v) is 28.0. The summed E-state index contributed by atoms with van der Waals surface area (Å²) in [6.07, 6.45) is 6.86. The van der Waals surface area contributed by atoms with Crippen molar-refractivity contribution >= 4 is 23.4 Å². The van der Waals surface area contributed by atoms with Crippen LogP contribution in [-0.4, -0.2) is 83.2 Å². The molecule has 0 saturated carbocycles. The van der Waals surface area contributed by atoms with Gasteiger partial charge in [-0.15, -0.1) is 13.2 Å². The molecule has 252 valence electrons. The molecule has 1 N–H and O–H groups in total. The van der Waals surface area contributed by atoms with E-state index in [1.165, 1.54) is 0 Å². The summed E-state index contributed by atoms with van der Waals surface area (Å²) in [7, 11) is 1.59. The van der Waals surface area contributed by atoms with Crippen molar-refractivity contribution in [2.75, 3.05) is 38.3 Å². The van der Waals surface area contributed by atoms with E-state index in [0.29, 0.717) is 50.3 Å². The lowest BCUT2D eigenvalue weighted by Crippen LogP contribution is -2.57. The first kappa shape index (κ1) is 34.4. The van der Waals surface area contributed by atoms with Gasteiger partial charge in [-0.25, -0.2) is 0 Å². The molecule has 0 aromatic heterocycles. The van der Waals surface area contributed by atoms with Gasteiger partial charge in [-0.1, -0.05) is 62.2 Å². The van der Waals surface area contributed by atoms with Gasteiger partial charge < -0.3 is 29.3 Å². The lowest BCUT2D eigenvalue weighted by atomic mass is 9.62. The van der Waals surface area contributed by atoms with Gasteiger partial charge in [0.15, 0.2) is 0 Å². The van der Waals surface area contributed by atoms with Gasteiger partial charge in [0.1, 0.15) is 17.4 Å². The molecule has 2 aromatic rings. The number of anilines is 1. The highest BCUT2D eigenvalue weighted by atomic mass is 16.5. The van der Waals surface area contributed by atoms with Crippen LogP contribution < -0.4 is 9.64 Å². The van der Waals surface area contributed by atoms with E-state index in [-0.39, 0.29) is 36.8 Å². The maximum atomic E-state index is 14.9. The fourth-order valence-electron chi connectivity index (χ4n) is 8.13. The Kier molecular flexibility index (Phi) is 10.6. The minimum absolute atomic E-state index is 0.0727. The number of hydrogen-bond acceptors (Lipinski definition) is 6. The van der Waals surface area contributed by atoms with Crippen molar-refractivity contribution in [2.45, 2.75) is 69.7 Å². The molecule has 9 nitrogen and oxygen atoms in total. The van der Waals surface area contributed by atoms with Crippen LogP contribution in [0.3, 0.4) is 0 Å². The average Bonchev–Trinajstić information content (AvgIpc) is 3.59. The van der Waals surface area contributed by atoms with Crippen molar-refractivity contribution in [3.05, 3.63) is 85.5 Å². The second kappa shape index (κ2) is 14.4. The number of rotatable bonds is 16. The Morgan fingerprint density at radius 3 is 2.34 bits per heavy atom. The summed E-state index contributed by atoms with van der Waals surface area (Å²) in [5, 5.41) is 9.28. The van der Waals surface area contributed by atoms with Gasteiger partial charge in [0, 0.05) is 38.5 Å². The van der Waals surface area contributed by atoms with Gasteiger partial charge in [-0.2, -0.15) is 0 Å². The first-order valence-electron chi connectivity index (χ1n) is 16.8. The number of unbranched alkanes of at least 4 members (excludes halogenated alkanes) is 3. The molecule has 9 heteroatoms. The monoisotopic (exact) mass is 643 g/mol. The predicted molar refractivity (Wildman–Crippen MR) is 182 cm³/mol. The molecule has 0 radical (unpaired) electrons. The van der Waals surface area contributed by atoms with Gasteiger partial charge in [0.25, 0.3) is 5.91 Å². The Morgan fingerprint density at radius 2 is 1.70 bits per heavy atom. The van der Waals surface area contributed by atoms with E-state index in [0.717, 1.165) is 18.4 Å². The van der Waals surface area contributed by atoms with E-state index in [2.05, 4.69) is 20.1 Å². The van der Waals surface area contributed by atoms with Crippen molar-refractivity contribution in [3.8, 4) is 5.75 Å². The quantitative estimate of drug-likeness (QED) is 0.204. The van der Waals surface area contributed by atoms with Gasteiger partial charge >= 0.3 is 0 Å². The number of amides is 3. The van der Waals surface area contributed by atoms with Gasteiger partial charge in [0.05, 0.1) is 24.5 Å². The molecule has 2 bridgehead atoms. The zero-order valence-electron chi connectivity index (χ0n) is 28.0. The maximum Gasteiger partial charge on any atom is 0.253 e. The van der Waals surface area contributed by atoms with E-state index in [1.54, 1.807) is 46.1 Å². The minimum atomic E-state index is -1.16. The molecule has 6 atom stereocenters. The number of aliphatic hydroxyl groups excluding tert-OH is 1. The summed E-state index contributed by atoms with van der Waals surface area (Å²) in [6.45, 7) is 13.2. The molecule has 0 aliphatic carbocycles. The molecule has 3 aliphatic heterocycles. The first-order valence-corrected chi connectivity index (χ1v) is 16.8. The normalized spacial score (nSPS) is 27.4. The Bertz CT molecular complexity index is 1450. The van der Waals surface area contributed by atoms with E-state index in [4.69, 9.17) is 9.47 Å². The fraction of sp³-hybridized carbons (Fsp3) is 0.500. The Morgan fingerprint density at radius 1 is 1.02 bits per heavy atom. The number of hydrogen-bond donors (Lipinski definition) is 1. The third-order valence-electron chi connectivity index (χ3n) is 10.5. The SMILES string of the molecule is C=CCN(Cc1ccccc1)C(=O)[C@H]1[C@H]2C(=O)N(CCCCCCO)C(C(=O)N(CC=C)c3ccc(OC)cc3)C23CC(C)[C@]1(C)O3. The molecule has 3 aliphatic rings. The molecule has 47 heavy (non-hydrogen) atoms. The third kappa shape index (κ3) is 6.23. The number of nitrogens with zero attached hydrogens (tertiary/aromatic N) is 3. The summed E-state index contributed by atoms with van der Waals surface area (Å²) < 4.78 is 12.4. The lowest BCUT2D eigenvalue weighted by molar-refractivity contribution is -0.151. The highest BCUT2D eigenvalue weighted by Crippen LogP contribution is 2.65. The van der Waals surface area contributed by atoms with Gasteiger partial charge in [-0.3, -0.25) is 14.4 Å². The number of carbonyl (C=O) groups excluding carboxylic acids is 3. The number of carbonyl (C=O) groups is 3. The van der Waals surface area contributed by atoms with Crippen molar-refractivity contribution < 1.29 is 29.0 Å². The standard InChI is InChI=1S/C38H49N3O6/c1-6-21-39(26-28-15-11-10-12-16-28)34(43)31-32-35(44)41(23-13-8-9-14-24-42)33(38(32)25-27(3)37(31,4)47-38)36(45)40(22-7-2)29-17-19-30(46-5)20-18-29/h6-7,10-12,15-20,27,31-33,42H,1-2,8-9,13-14,21-26H2,3-5H3/t27?,31-,32+,33?,37+,38?/m1/s1. The van der Waals surface area contributed by atoms with Crippen LogP contribution in [0.25, 0.3) is 0 Å². The van der Waals surface area contributed by atoms with Crippen LogP contribution in [0.4, 0.5) is 5.69 Å². The topological polar surface area (TPSA) is 99.6 Å². The summed E-state index contributed by atoms with van der Waals surface area (Å²) in [6, 6.07) is 16.1. The Balaban J connectivity index is 1.55. The molecule has 2 aromatic carbocycles. The molecule has 3 unspecified atom stereocenters. The largest absolute Gasteiger partial charge is 0.497 e. The average molecular weight is 644 g/mol. The van der Waals surface area contributed by atoms with Crippen LogP contribution in [0.2, 0.25) is 0 Å². The van der Waals surface area contributed by atoms with E-state index >= 15 is 0 Å². The third-order valence-corrected chi connectivity index (χ3v) is 10.5. The van der Waals surface area contributed by atoms with Crippen LogP contribution in [0.5, 0.6) is 5.75 Å². The molecule has 3 amide bonds. The molecular weight excluding hydrogens is 594 g/mol. The second-order valence-corrected chi connectivity index (χ2v) is 13.3. The van der Waals surface area contributed by atoms with Gasteiger partial charge in [0.2, 0.25) is 11.8 Å². The van der Waals surface area contributed by atoms with Crippen LogP contribution >= 0.6 is 0 Å². The summed E-state index contributed by atoms with van der Waals surface area (Å²) in [4.78, 5) is 49.4. The smallest absolute Gasteiger partial charge is 0.253 e. The Labute approximate surface area is 278 Å². The number of methoxy groups -OCH3 is 1. The summed E-state index contributed by atoms with van der Waals surface area (Å²) in [5.41, 5.74) is -0.450. The fourth-order valence-corrected chi connectivity index (χ4v) is 8.13. The van der Waals surface area contributed by atoms with Crippen molar-refractivity contribution in [2.24, 2.45) is 17.8 Å². The van der Waals surface area contributed by atoms with Crippen molar-refractivity contribution in [1.82, 2.24) is 9.80 Å². The Hall–Kier alpha value is -3.95. The number of fused-ring (bicyclic) bond motifs is 1. The number of likely N-dealkylation sites (tertiary alicyclic amines) is 1. The molecule has 3 fully saturated rings. The van der Waals surface area contributed by atoms with Crippen molar-refractivity contribution in [1.29, 1.82) is 0 Å².